The minimum Gasteiger partial charge on any atom is -0.508 e. The Labute approximate surface area is 112 Å². The van der Waals surface area contributed by atoms with Crippen molar-refractivity contribution in [1.29, 1.82) is 0 Å². The summed E-state index contributed by atoms with van der Waals surface area (Å²) in [6, 6.07) is 12.1. The minimum atomic E-state index is -0.340. The van der Waals surface area contributed by atoms with Crippen LogP contribution in [0.15, 0.2) is 42.5 Å². The Kier molecular flexibility index (Phi) is 4.39. The van der Waals surface area contributed by atoms with Crippen molar-refractivity contribution in [1.82, 2.24) is 0 Å². The largest absolute Gasteiger partial charge is 0.508 e. The molecule has 0 atom stereocenters. The SMILES string of the molecule is CCCc1ccc(NCc2cc(F)ccc2O)cc1. The highest BCUT2D eigenvalue weighted by Gasteiger charge is 2.02. The molecule has 2 N–H and O–H groups in total. The zero-order chi connectivity index (χ0) is 13.7. The summed E-state index contributed by atoms with van der Waals surface area (Å²) < 4.78 is 13.1. The number of halogens is 1. The number of hydrogen-bond donors (Lipinski definition) is 2. The molecule has 0 spiro atoms. The lowest BCUT2D eigenvalue weighted by Crippen LogP contribution is -2.00. The van der Waals surface area contributed by atoms with Crippen LogP contribution in [0, 0.1) is 5.82 Å². The van der Waals surface area contributed by atoms with Crippen molar-refractivity contribution in [2.24, 2.45) is 0 Å². The number of aryl methyl sites for hydroxylation is 1. The van der Waals surface area contributed by atoms with Gasteiger partial charge < -0.3 is 10.4 Å². The quantitative estimate of drug-likeness (QED) is 0.847. The molecule has 2 aromatic carbocycles. The molecule has 0 unspecified atom stereocenters. The molecule has 100 valence electrons. The molecular formula is C16H18FNO. The first-order valence-corrected chi connectivity index (χ1v) is 6.49. The Morgan fingerprint density at radius 3 is 2.53 bits per heavy atom. The first-order valence-electron chi connectivity index (χ1n) is 6.49. The van der Waals surface area contributed by atoms with Gasteiger partial charge in [0.15, 0.2) is 0 Å². The Morgan fingerprint density at radius 2 is 1.84 bits per heavy atom. The van der Waals surface area contributed by atoms with Gasteiger partial charge in [-0.3, -0.25) is 0 Å². The maximum atomic E-state index is 13.1. The first-order chi connectivity index (χ1) is 9.19. The number of benzene rings is 2. The first kappa shape index (κ1) is 13.4. The maximum Gasteiger partial charge on any atom is 0.123 e. The van der Waals surface area contributed by atoms with Crippen LogP contribution in [0.1, 0.15) is 24.5 Å². The van der Waals surface area contributed by atoms with Crippen LogP contribution >= 0.6 is 0 Å². The zero-order valence-electron chi connectivity index (χ0n) is 11.0. The van der Waals surface area contributed by atoms with Gasteiger partial charge in [0, 0.05) is 17.8 Å². The topological polar surface area (TPSA) is 32.3 Å². The van der Waals surface area contributed by atoms with Crippen LogP contribution in [0.25, 0.3) is 0 Å². The van der Waals surface area contributed by atoms with E-state index in [0.717, 1.165) is 18.5 Å². The Morgan fingerprint density at radius 1 is 1.11 bits per heavy atom. The Bertz CT molecular complexity index is 537. The van der Waals surface area contributed by atoms with E-state index >= 15 is 0 Å². The predicted octanol–water partition coefficient (Wildman–Crippen LogP) is 4.10. The summed E-state index contributed by atoms with van der Waals surface area (Å²) in [5.74, 6) is -0.232. The molecule has 3 heteroatoms. The van der Waals surface area contributed by atoms with E-state index in [0.29, 0.717) is 12.1 Å². The standard InChI is InChI=1S/C16H18FNO/c1-2-3-12-4-7-15(8-5-12)18-11-13-10-14(17)6-9-16(13)19/h4-10,18-19H,2-3,11H2,1H3. The molecule has 19 heavy (non-hydrogen) atoms. The summed E-state index contributed by atoms with van der Waals surface area (Å²) in [5, 5.41) is 12.8. The van der Waals surface area contributed by atoms with Crippen molar-refractivity contribution < 1.29 is 9.50 Å². The maximum absolute atomic E-state index is 13.1. The highest BCUT2D eigenvalue weighted by molar-refractivity contribution is 5.46. The monoisotopic (exact) mass is 259 g/mol. The van der Waals surface area contributed by atoms with Crippen LogP contribution in [-0.2, 0) is 13.0 Å². The van der Waals surface area contributed by atoms with Crippen molar-refractivity contribution >= 4 is 5.69 Å². The molecule has 0 saturated carbocycles. The highest BCUT2D eigenvalue weighted by Crippen LogP contribution is 2.19. The predicted molar refractivity (Wildman–Crippen MR) is 75.8 cm³/mol. The molecule has 0 radical (unpaired) electrons. The van der Waals surface area contributed by atoms with Crippen LogP contribution < -0.4 is 5.32 Å². The second-order valence-corrected chi connectivity index (χ2v) is 4.57. The van der Waals surface area contributed by atoms with Crippen LogP contribution in [0.3, 0.4) is 0 Å². The third-order valence-corrected chi connectivity index (χ3v) is 3.02. The lowest BCUT2D eigenvalue weighted by atomic mass is 10.1. The summed E-state index contributed by atoms with van der Waals surface area (Å²) in [7, 11) is 0. The lowest BCUT2D eigenvalue weighted by Gasteiger charge is -2.09. The van der Waals surface area contributed by atoms with Gasteiger partial charge in [-0.2, -0.15) is 0 Å². The van der Waals surface area contributed by atoms with Gasteiger partial charge in [-0.05, 0) is 42.3 Å². The number of nitrogens with one attached hydrogen (secondary N) is 1. The Hall–Kier alpha value is -2.03. The van der Waals surface area contributed by atoms with Gasteiger partial charge in [0.1, 0.15) is 11.6 Å². The number of anilines is 1. The molecule has 0 fully saturated rings. The molecule has 0 heterocycles. The van der Waals surface area contributed by atoms with Gasteiger partial charge in [0.2, 0.25) is 0 Å². The van der Waals surface area contributed by atoms with E-state index < -0.39 is 0 Å². The minimum absolute atomic E-state index is 0.108. The van der Waals surface area contributed by atoms with Gasteiger partial charge in [-0.25, -0.2) is 4.39 Å². The van der Waals surface area contributed by atoms with E-state index in [1.165, 1.54) is 23.8 Å². The molecule has 2 nitrogen and oxygen atoms in total. The average molecular weight is 259 g/mol. The number of hydrogen-bond acceptors (Lipinski definition) is 2. The van der Waals surface area contributed by atoms with Gasteiger partial charge >= 0.3 is 0 Å². The zero-order valence-corrected chi connectivity index (χ0v) is 11.0. The molecule has 2 rings (SSSR count). The summed E-state index contributed by atoms with van der Waals surface area (Å²) >= 11 is 0. The summed E-state index contributed by atoms with van der Waals surface area (Å²) in [4.78, 5) is 0. The third kappa shape index (κ3) is 3.71. The van der Waals surface area contributed by atoms with Gasteiger partial charge in [-0.1, -0.05) is 25.5 Å². The third-order valence-electron chi connectivity index (χ3n) is 3.02. The molecule has 0 bridgehead atoms. The van der Waals surface area contributed by atoms with Gasteiger partial charge in [0.25, 0.3) is 0 Å². The fourth-order valence-electron chi connectivity index (χ4n) is 1.97. The van der Waals surface area contributed by atoms with Crippen molar-refractivity contribution in [2.45, 2.75) is 26.3 Å². The van der Waals surface area contributed by atoms with Crippen molar-refractivity contribution in [3.05, 3.63) is 59.4 Å². The normalized spacial score (nSPS) is 10.4. The van der Waals surface area contributed by atoms with E-state index in [1.54, 1.807) is 0 Å². The summed E-state index contributed by atoms with van der Waals surface area (Å²) in [6.07, 6.45) is 2.20. The van der Waals surface area contributed by atoms with Crippen molar-refractivity contribution in [3.8, 4) is 5.75 Å². The van der Waals surface area contributed by atoms with Crippen LogP contribution in [0.2, 0.25) is 0 Å². The van der Waals surface area contributed by atoms with Crippen LogP contribution in [-0.4, -0.2) is 5.11 Å². The second-order valence-electron chi connectivity index (χ2n) is 4.57. The number of phenolic OH excluding ortho intramolecular Hbond substituents is 1. The van der Waals surface area contributed by atoms with Gasteiger partial charge in [-0.15, -0.1) is 0 Å². The van der Waals surface area contributed by atoms with E-state index in [1.807, 2.05) is 12.1 Å². The Balaban J connectivity index is 2.00. The van der Waals surface area contributed by atoms with Crippen molar-refractivity contribution in [3.63, 3.8) is 0 Å². The molecule has 2 aromatic rings. The number of aromatic hydroxyl groups is 1. The molecule has 0 saturated heterocycles. The fourth-order valence-corrected chi connectivity index (χ4v) is 1.97. The number of phenols is 1. The molecule has 0 aliphatic heterocycles. The highest BCUT2D eigenvalue weighted by atomic mass is 19.1. The average Bonchev–Trinajstić information content (AvgIpc) is 2.42. The number of rotatable bonds is 5. The van der Waals surface area contributed by atoms with Crippen LogP contribution in [0.4, 0.5) is 10.1 Å². The van der Waals surface area contributed by atoms with Crippen molar-refractivity contribution in [2.75, 3.05) is 5.32 Å². The molecule has 0 aliphatic carbocycles. The summed E-state index contributed by atoms with van der Waals surface area (Å²) in [5.41, 5.74) is 2.82. The molecular weight excluding hydrogens is 241 g/mol. The van der Waals surface area contributed by atoms with Gasteiger partial charge in [0.05, 0.1) is 0 Å². The molecule has 0 aromatic heterocycles. The van der Waals surface area contributed by atoms with Crippen LogP contribution in [0.5, 0.6) is 5.75 Å². The summed E-state index contributed by atoms with van der Waals surface area (Å²) in [6.45, 7) is 2.55. The van der Waals surface area contributed by atoms with E-state index in [9.17, 15) is 9.50 Å². The smallest absolute Gasteiger partial charge is 0.123 e. The lowest BCUT2D eigenvalue weighted by molar-refractivity contribution is 0.466. The van der Waals surface area contributed by atoms with E-state index in [4.69, 9.17) is 0 Å². The fraction of sp³-hybridized carbons (Fsp3) is 0.250. The van der Waals surface area contributed by atoms with E-state index in [2.05, 4.69) is 24.4 Å². The van der Waals surface area contributed by atoms with E-state index in [-0.39, 0.29) is 11.6 Å². The second kappa shape index (κ2) is 6.23. The molecule has 0 amide bonds. The molecule has 0 aliphatic rings.